The number of nitrogens with two attached hydrogens (primary N) is 1. The summed E-state index contributed by atoms with van der Waals surface area (Å²) < 4.78 is 6.31. The van der Waals surface area contributed by atoms with Crippen molar-refractivity contribution < 1.29 is 9.32 Å². The maximum atomic E-state index is 12.7. The molecule has 2 N–H and O–H groups in total. The lowest BCUT2D eigenvalue weighted by Crippen LogP contribution is -2.44. The molecule has 0 saturated carbocycles. The van der Waals surface area contributed by atoms with E-state index in [9.17, 15) is 4.79 Å². The molecular weight excluding hydrogens is 358 g/mol. The molecule has 2 aromatic rings. The van der Waals surface area contributed by atoms with Crippen molar-refractivity contribution in [3.8, 4) is 11.3 Å². The van der Waals surface area contributed by atoms with Gasteiger partial charge in [-0.05, 0) is 44.4 Å². The number of hydrogen-bond acceptors (Lipinski definition) is 4. The van der Waals surface area contributed by atoms with Crippen LogP contribution in [-0.2, 0) is 0 Å². The lowest BCUT2D eigenvalue weighted by Gasteiger charge is -2.34. The normalized spacial score (nSPS) is 18.2. The van der Waals surface area contributed by atoms with Crippen LogP contribution in [0, 0.1) is 0 Å². The van der Waals surface area contributed by atoms with E-state index in [1.165, 1.54) is 0 Å². The molecule has 0 bridgehead atoms. The van der Waals surface area contributed by atoms with Crippen molar-refractivity contribution in [3.05, 3.63) is 40.6 Å². The SMILES string of the molecule is NCCC1CCCCN1C(=O)c1cc(-c2ccc(Br)cc2)no1. The Labute approximate surface area is 143 Å². The summed E-state index contributed by atoms with van der Waals surface area (Å²) in [4.78, 5) is 14.6. The zero-order chi connectivity index (χ0) is 16.2. The maximum absolute atomic E-state index is 12.7. The molecular formula is C17H20BrN3O2. The maximum Gasteiger partial charge on any atom is 0.292 e. The molecule has 0 aliphatic carbocycles. The minimum atomic E-state index is -0.0842. The summed E-state index contributed by atoms with van der Waals surface area (Å²) >= 11 is 3.40. The fraction of sp³-hybridized carbons (Fsp3) is 0.412. The second-order valence-electron chi connectivity index (χ2n) is 5.81. The Bertz CT molecular complexity index is 667. The van der Waals surface area contributed by atoms with Gasteiger partial charge in [0.25, 0.3) is 5.91 Å². The van der Waals surface area contributed by atoms with E-state index < -0.39 is 0 Å². The standard InChI is InChI=1S/C17H20BrN3O2/c18-13-6-4-12(5-7-13)15-11-16(23-20-15)17(22)21-10-2-1-3-14(21)8-9-19/h4-7,11,14H,1-3,8-10,19H2. The van der Waals surface area contributed by atoms with Gasteiger partial charge in [-0.15, -0.1) is 0 Å². The Balaban J connectivity index is 1.78. The fourth-order valence-corrected chi connectivity index (χ4v) is 3.30. The lowest BCUT2D eigenvalue weighted by molar-refractivity contribution is 0.0563. The summed E-state index contributed by atoms with van der Waals surface area (Å²) in [6.07, 6.45) is 4.02. The van der Waals surface area contributed by atoms with Crippen LogP contribution in [0.2, 0.25) is 0 Å². The topological polar surface area (TPSA) is 72.4 Å². The minimum absolute atomic E-state index is 0.0842. The number of likely N-dealkylation sites (tertiary alicyclic amines) is 1. The van der Waals surface area contributed by atoms with E-state index in [4.69, 9.17) is 10.3 Å². The van der Waals surface area contributed by atoms with Crippen molar-refractivity contribution in [1.82, 2.24) is 10.1 Å². The molecule has 23 heavy (non-hydrogen) atoms. The van der Waals surface area contributed by atoms with Crippen molar-refractivity contribution in [3.63, 3.8) is 0 Å². The van der Waals surface area contributed by atoms with Crippen LogP contribution in [0.25, 0.3) is 11.3 Å². The molecule has 1 fully saturated rings. The predicted octanol–water partition coefficient (Wildman–Crippen LogP) is 3.45. The zero-order valence-electron chi connectivity index (χ0n) is 12.9. The van der Waals surface area contributed by atoms with Gasteiger partial charge in [0.1, 0.15) is 5.69 Å². The largest absolute Gasteiger partial charge is 0.350 e. The second kappa shape index (κ2) is 7.27. The Morgan fingerprint density at radius 3 is 2.87 bits per heavy atom. The van der Waals surface area contributed by atoms with E-state index >= 15 is 0 Å². The van der Waals surface area contributed by atoms with Gasteiger partial charge in [0.2, 0.25) is 5.76 Å². The van der Waals surface area contributed by atoms with Crippen LogP contribution in [0.3, 0.4) is 0 Å². The van der Waals surface area contributed by atoms with Crippen LogP contribution in [0.15, 0.2) is 39.3 Å². The monoisotopic (exact) mass is 377 g/mol. The molecule has 1 aliphatic heterocycles. The number of aromatic nitrogens is 1. The summed E-state index contributed by atoms with van der Waals surface area (Å²) in [7, 11) is 0. The number of hydrogen-bond donors (Lipinski definition) is 1. The van der Waals surface area contributed by atoms with Crippen molar-refractivity contribution in [2.75, 3.05) is 13.1 Å². The highest BCUT2D eigenvalue weighted by Gasteiger charge is 2.29. The van der Waals surface area contributed by atoms with Gasteiger partial charge >= 0.3 is 0 Å². The Morgan fingerprint density at radius 1 is 1.35 bits per heavy atom. The van der Waals surface area contributed by atoms with E-state index in [1.807, 2.05) is 29.2 Å². The van der Waals surface area contributed by atoms with E-state index in [0.29, 0.717) is 18.0 Å². The first-order valence-electron chi connectivity index (χ1n) is 7.92. The van der Waals surface area contributed by atoms with E-state index in [0.717, 1.165) is 42.3 Å². The second-order valence-corrected chi connectivity index (χ2v) is 6.72. The summed E-state index contributed by atoms with van der Waals surface area (Å²) in [6, 6.07) is 9.69. The molecule has 1 saturated heterocycles. The van der Waals surface area contributed by atoms with Crippen LogP contribution in [-0.4, -0.2) is 35.1 Å². The van der Waals surface area contributed by atoms with Crippen LogP contribution < -0.4 is 5.73 Å². The first-order chi connectivity index (χ1) is 11.2. The summed E-state index contributed by atoms with van der Waals surface area (Å²) in [5.41, 5.74) is 7.27. The first kappa shape index (κ1) is 16.2. The Hall–Kier alpha value is -1.66. The molecule has 1 unspecified atom stereocenters. The zero-order valence-corrected chi connectivity index (χ0v) is 14.5. The van der Waals surface area contributed by atoms with Crippen LogP contribution in [0.1, 0.15) is 36.2 Å². The molecule has 1 atom stereocenters. The third kappa shape index (κ3) is 3.64. The smallest absolute Gasteiger partial charge is 0.292 e. The number of halogens is 1. The van der Waals surface area contributed by atoms with Crippen molar-refractivity contribution in [2.45, 2.75) is 31.7 Å². The number of nitrogens with zero attached hydrogens (tertiary/aromatic N) is 2. The van der Waals surface area contributed by atoms with E-state index in [-0.39, 0.29) is 11.9 Å². The summed E-state index contributed by atoms with van der Waals surface area (Å²) in [6.45, 7) is 1.35. The van der Waals surface area contributed by atoms with Crippen LogP contribution in [0.5, 0.6) is 0 Å². The highest BCUT2D eigenvalue weighted by Crippen LogP contribution is 2.25. The minimum Gasteiger partial charge on any atom is -0.350 e. The molecule has 3 rings (SSSR count). The van der Waals surface area contributed by atoms with Gasteiger partial charge in [-0.2, -0.15) is 0 Å². The molecule has 1 aromatic heterocycles. The average Bonchev–Trinajstić information content (AvgIpc) is 3.06. The van der Waals surface area contributed by atoms with Crippen molar-refractivity contribution >= 4 is 21.8 Å². The lowest BCUT2D eigenvalue weighted by atomic mass is 9.99. The highest BCUT2D eigenvalue weighted by atomic mass is 79.9. The van der Waals surface area contributed by atoms with Crippen LogP contribution >= 0.6 is 15.9 Å². The van der Waals surface area contributed by atoms with Crippen molar-refractivity contribution in [1.29, 1.82) is 0 Å². The predicted molar refractivity (Wildman–Crippen MR) is 92.0 cm³/mol. The van der Waals surface area contributed by atoms with Gasteiger partial charge in [-0.25, -0.2) is 0 Å². The molecule has 5 nitrogen and oxygen atoms in total. The van der Waals surface area contributed by atoms with Gasteiger partial charge in [0.15, 0.2) is 0 Å². The number of amides is 1. The molecule has 122 valence electrons. The molecule has 1 aliphatic rings. The number of benzene rings is 1. The fourth-order valence-electron chi connectivity index (χ4n) is 3.03. The van der Waals surface area contributed by atoms with Gasteiger partial charge in [-0.1, -0.05) is 33.2 Å². The third-order valence-electron chi connectivity index (χ3n) is 4.25. The summed E-state index contributed by atoms with van der Waals surface area (Å²) in [5, 5.41) is 4.04. The number of piperidine rings is 1. The van der Waals surface area contributed by atoms with Crippen molar-refractivity contribution in [2.24, 2.45) is 5.73 Å². The third-order valence-corrected chi connectivity index (χ3v) is 4.78. The highest BCUT2D eigenvalue weighted by molar-refractivity contribution is 9.10. The number of rotatable bonds is 4. The molecule has 1 aromatic carbocycles. The molecule has 2 heterocycles. The molecule has 6 heteroatoms. The van der Waals surface area contributed by atoms with E-state index in [2.05, 4.69) is 21.1 Å². The van der Waals surface area contributed by atoms with E-state index in [1.54, 1.807) is 6.07 Å². The molecule has 0 spiro atoms. The van der Waals surface area contributed by atoms with Gasteiger partial charge in [-0.3, -0.25) is 4.79 Å². The van der Waals surface area contributed by atoms with Gasteiger partial charge < -0.3 is 15.2 Å². The Morgan fingerprint density at radius 2 is 2.13 bits per heavy atom. The number of carbonyl (C=O) groups excluding carboxylic acids is 1. The number of carbonyl (C=O) groups is 1. The van der Waals surface area contributed by atoms with Gasteiger partial charge in [0, 0.05) is 28.7 Å². The molecule has 1 amide bonds. The quantitative estimate of drug-likeness (QED) is 0.885. The van der Waals surface area contributed by atoms with Crippen LogP contribution in [0.4, 0.5) is 0 Å². The Kier molecular flexibility index (Phi) is 5.13. The first-order valence-corrected chi connectivity index (χ1v) is 8.72. The summed E-state index contributed by atoms with van der Waals surface area (Å²) in [5.74, 6) is 0.214. The molecule has 0 radical (unpaired) electrons. The average molecular weight is 378 g/mol. The van der Waals surface area contributed by atoms with Gasteiger partial charge in [0.05, 0.1) is 0 Å².